The molecule has 0 atom stereocenters. The molecule has 19 heavy (non-hydrogen) atoms. The predicted octanol–water partition coefficient (Wildman–Crippen LogP) is 3.91. The fourth-order valence-corrected chi connectivity index (χ4v) is 1.87. The third-order valence-electron chi connectivity index (χ3n) is 2.69. The number of halogens is 1. The number of methoxy groups -OCH3 is 2. The minimum Gasteiger partial charge on any atom is -0.497 e. The molecule has 5 heteroatoms. The highest BCUT2D eigenvalue weighted by Crippen LogP contribution is 2.31. The van der Waals surface area contributed by atoms with E-state index >= 15 is 0 Å². The second-order valence-electron chi connectivity index (χ2n) is 3.95. The molecular formula is C14H15BrN2O2. The first-order valence-corrected chi connectivity index (χ1v) is 6.55. The molecule has 1 aromatic heterocycles. The van der Waals surface area contributed by atoms with Crippen molar-refractivity contribution >= 4 is 27.4 Å². The molecule has 2 aromatic rings. The Labute approximate surface area is 120 Å². The monoisotopic (exact) mass is 322 g/mol. The van der Waals surface area contributed by atoms with Crippen LogP contribution in [0.3, 0.4) is 0 Å². The van der Waals surface area contributed by atoms with Gasteiger partial charge in [-0.25, -0.2) is 4.98 Å². The van der Waals surface area contributed by atoms with Gasteiger partial charge in [-0.3, -0.25) is 0 Å². The van der Waals surface area contributed by atoms with Crippen LogP contribution in [0.25, 0.3) is 0 Å². The highest BCUT2D eigenvalue weighted by atomic mass is 79.9. The number of benzene rings is 1. The van der Waals surface area contributed by atoms with Crippen molar-refractivity contribution in [3.63, 3.8) is 0 Å². The van der Waals surface area contributed by atoms with Crippen LogP contribution in [0, 0.1) is 6.92 Å². The van der Waals surface area contributed by atoms with E-state index in [0.717, 1.165) is 27.4 Å². The van der Waals surface area contributed by atoms with Gasteiger partial charge in [-0.2, -0.15) is 0 Å². The minimum absolute atomic E-state index is 0.710. The molecule has 0 aliphatic carbocycles. The van der Waals surface area contributed by atoms with Crippen molar-refractivity contribution in [1.29, 1.82) is 0 Å². The molecule has 4 nitrogen and oxygen atoms in total. The van der Waals surface area contributed by atoms with Gasteiger partial charge in [0.05, 0.1) is 25.6 Å². The van der Waals surface area contributed by atoms with Crippen molar-refractivity contribution in [1.82, 2.24) is 4.98 Å². The van der Waals surface area contributed by atoms with Crippen molar-refractivity contribution < 1.29 is 9.47 Å². The van der Waals surface area contributed by atoms with Crippen molar-refractivity contribution in [3.05, 3.63) is 40.5 Å². The number of pyridine rings is 1. The van der Waals surface area contributed by atoms with Crippen molar-refractivity contribution in [3.8, 4) is 11.5 Å². The van der Waals surface area contributed by atoms with Gasteiger partial charge in [0.15, 0.2) is 0 Å². The summed E-state index contributed by atoms with van der Waals surface area (Å²) in [4.78, 5) is 4.44. The van der Waals surface area contributed by atoms with E-state index in [1.54, 1.807) is 14.2 Å². The fraction of sp³-hybridized carbons (Fsp3) is 0.214. The van der Waals surface area contributed by atoms with Crippen LogP contribution in [0.4, 0.5) is 11.5 Å². The van der Waals surface area contributed by atoms with Crippen LogP contribution in [0.5, 0.6) is 11.5 Å². The number of ether oxygens (including phenoxy) is 2. The standard InChI is InChI=1S/C14H15BrN2O2/c1-9-11(15)5-7-14(16-9)17-12-6-4-10(18-2)8-13(12)19-3/h4-8H,1-3H3,(H,16,17). The summed E-state index contributed by atoms with van der Waals surface area (Å²) in [6, 6.07) is 9.46. The zero-order valence-corrected chi connectivity index (χ0v) is 12.6. The van der Waals surface area contributed by atoms with Crippen LogP contribution < -0.4 is 14.8 Å². The van der Waals surface area contributed by atoms with Gasteiger partial charge in [0, 0.05) is 10.5 Å². The molecule has 0 spiro atoms. The molecule has 0 aliphatic rings. The van der Waals surface area contributed by atoms with Gasteiger partial charge >= 0.3 is 0 Å². The number of aromatic nitrogens is 1. The lowest BCUT2D eigenvalue weighted by molar-refractivity contribution is 0.395. The third kappa shape index (κ3) is 3.17. The second-order valence-corrected chi connectivity index (χ2v) is 4.81. The number of hydrogen-bond acceptors (Lipinski definition) is 4. The Kier molecular flexibility index (Phi) is 4.27. The summed E-state index contributed by atoms with van der Waals surface area (Å²) in [7, 11) is 3.25. The molecule has 0 aliphatic heterocycles. The van der Waals surface area contributed by atoms with Crippen LogP contribution in [0.15, 0.2) is 34.8 Å². The van der Waals surface area contributed by atoms with E-state index < -0.39 is 0 Å². The van der Waals surface area contributed by atoms with Gasteiger partial charge in [-0.15, -0.1) is 0 Å². The summed E-state index contributed by atoms with van der Waals surface area (Å²) in [6.07, 6.45) is 0. The number of anilines is 2. The Morgan fingerprint density at radius 1 is 1.11 bits per heavy atom. The lowest BCUT2D eigenvalue weighted by Crippen LogP contribution is -1.98. The van der Waals surface area contributed by atoms with Gasteiger partial charge in [-0.1, -0.05) is 0 Å². The fourth-order valence-electron chi connectivity index (χ4n) is 1.65. The summed E-state index contributed by atoms with van der Waals surface area (Å²) < 4.78 is 11.5. The first-order valence-electron chi connectivity index (χ1n) is 5.76. The average Bonchev–Trinajstić information content (AvgIpc) is 2.43. The Balaban J connectivity index is 2.29. The van der Waals surface area contributed by atoms with Crippen LogP contribution in [-0.2, 0) is 0 Å². The molecule has 100 valence electrons. The number of aryl methyl sites for hydroxylation is 1. The van der Waals surface area contributed by atoms with E-state index in [9.17, 15) is 0 Å². The van der Waals surface area contributed by atoms with Crippen LogP contribution in [0.1, 0.15) is 5.69 Å². The van der Waals surface area contributed by atoms with E-state index in [1.165, 1.54) is 0 Å². The molecule has 0 amide bonds. The van der Waals surface area contributed by atoms with Crippen molar-refractivity contribution in [2.45, 2.75) is 6.92 Å². The lowest BCUT2D eigenvalue weighted by atomic mass is 10.2. The SMILES string of the molecule is COc1ccc(Nc2ccc(Br)c(C)n2)c(OC)c1. The van der Waals surface area contributed by atoms with Gasteiger partial charge in [0.25, 0.3) is 0 Å². The first kappa shape index (κ1) is 13.7. The molecule has 1 aromatic carbocycles. The predicted molar refractivity (Wildman–Crippen MR) is 79.5 cm³/mol. The molecule has 0 saturated carbocycles. The number of nitrogens with zero attached hydrogens (tertiary/aromatic N) is 1. The minimum atomic E-state index is 0.710. The van der Waals surface area contributed by atoms with Crippen LogP contribution in [-0.4, -0.2) is 19.2 Å². The molecule has 0 fully saturated rings. The third-order valence-corrected chi connectivity index (χ3v) is 3.53. The summed E-state index contributed by atoms with van der Waals surface area (Å²) >= 11 is 3.43. The topological polar surface area (TPSA) is 43.4 Å². The maximum atomic E-state index is 5.33. The van der Waals surface area contributed by atoms with Crippen LogP contribution in [0.2, 0.25) is 0 Å². The smallest absolute Gasteiger partial charge is 0.146 e. The van der Waals surface area contributed by atoms with Crippen LogP contribution >= 0.6 is 15.9 Å². The zero-order chi connectivity index (χ0) is 13.8. The van der Waals surface area contributed by atoms with E-state index in [4.69, 9.17) is 9.47 Å². The number of nitrogens with one attached hydrogen (secondary N) is 1. The molecular weight excluding hydrogens is 308 g/mol. The Morgan fingerprint density at radius 2 is 1.89 bits per heavy atom. The zero-order valence-electron chi connectivity index (χ0n) is 11.0. The first-order chi connectivity index (χ1) is 9.13. The van der Waals surface area contributed by atoms with Gasteiger partial charge in [0.1, 0.15) is 17.3 Å². The maximum absolute atomic E-state index is 5.33. The largest absolute Gasteiger partial charge is 0.497 e. The van der Waals surface area contributed by atoms with Crippen molar-refractivity contribution in [2.75, 3.05) is 19.5 Å². The van der Waals surface area contributed by atoms with E-state index in [2.05, 4.69) is 26.2 Å². The molecule has 0 unspecified atom stereocenters. The molecule has 0 radical (unpaired) electrons. The Bertz CT molecular complexity index is 588. The Morgan fingerprint density at radius 3 is 2.53 bits per heavy atom. The maximum Gasteiger partial charge on any atom is 0.146 e. The van der Waals surface area contributed by atoms with Gasteiger partial charge < -0.3 is 14.8 Å². The second kappa shape index (κ2) is 5.93. The van der Waals surface area contributed by atoms with E-state index in [0.29, 0.717) is 5.75 Å². The average molecular weight is 323 g/mol. The van der Waals surface area contributed by atoms with Gasteiger partial charge in [-0.05, 0) is 47.1 Å². The summed E-state index contributed by atoms with van der Waals surface area (Å²) in [5.74, 6) is 2.23. The highest BCUT2D eigenvalue weighted by molar-refractivity contribution is 9.10. The van der Waals surface area contributed by atoms with E-state index in [-0.39, 0.29) is 0 Å². The molecule has 0 bridgehead atoms. The normalized spacial score (nSPS) is 10.1. The molecule has 1 N–H and O–H groups in total. The van der Waals surface area contributed by atoms with Gasteiger partial charge in [0.2, 0.25) is 0 Å². The summed E-state index contributed by atoms with van der Waals surface area (Å²) in [5.41, 5.74) is 1.77. The quantitative estimate of drug-likeness (QED) is 0.926. The molecule has 1 heterocycles. The summed E-state index contributed by atoms with van der Waals surface area (Å²) in [5, 5.41) is 3.23. The molecule has 2 rings (SSSR count). The molecule has 0 saturated heterocycles. The highest BCUT2D eigenvalue weighted by Gasteiger charge is 2.06. The number of rotatable bonds is 4. The Hall–Kier alpha value is -1.75. The number of hydrogen-bond donors (Lipinski definition) is 1. The van der Waals surface area contributed by atoms with E-state index in [1.807, 2.05) is 37.3 Å². The summed E-state index contributed by atoms with van der Waals surface area (Å²) in [6.45, 7) is 1.94. The lowest BCUT2D eigenvalue weighted by Gasteiger charge is -2.12. The van der Waals surface area contributed by atoms with Crippen molar-refractivity contribution in [2.24, 2.45) is 0 Å².